The summed E-state index contributed by atoms with van der Waals surface area (Å²) < 4.78 is 17.3. The van der Waals surface area contributed by atoms with E-state index in [0.717, 1.165) is 43.9 Å². The Balaban J connectivity index is 1.88. The van der Waals surface area contributed by atoms with E-state index < -0.39 is 18.3 Å². The van der Waals surface area contributed by atoms with Gasteiger partial charge in [0.25, 0.3) is 0 Å². The minimum atomic E-state index is -0.496. The van der Waals surface area contributed by atoms with Crippen LogP contribution >= 0.6 is 0 Å². The van der Waals surface area contributed by atoms with Crippen LogP contribution in [-0.2, 0) is 14.0 Å². The number of ether oxygens (including phenoxy) is 1. The quantitative estimate of drug-likeness (QED) is 0.593. The molecule has 0 radical (unpaired) electrons. The van der Waals surface area contributed by atoms with Crippen LogP contribution in [0.2, 0.25) is 0 Å². The van der Waals surface area contributed by atoms with Crippen LogP contribution in [0, 0.1) is 0 Å². The first kappa shape index (κ1) is 20.2. The number of carbonyl (C=O) groups excluding carboxylic acids is 1. The molecule has 2 aliphatic rings. The lowest BCUT2D eigenvalue weighted by molar-refractivity contribution is 0.00578. The van der Waals surface area contributed by atoms with Crippen molar-refractivity contribution in [2.24, 2.45) is 0 Å². The number of hydrogen-bond donors (Lipinski definition) is 0. The van der Waals surface area contributed by atoms with E-state index in [2.05, 4.69) is 16.7 Å². The van der Waals surface area contributed by atoms with Gasteiger partial charge in [-0.3, -0.25) is 0 Å². The van der Waals surface area contributed by atoms with Crippen LogP contribution in [0.1, 0.15) is 45.0 Å². The minimum Gasteiger partial charge on any atom is -0.465 e. The van der Waals surface area contributed by atoms with E-state index >= 15 is 0 Å². The summed E-state index contributed by atoms with van der Waals surface area (Å²) >= 11 is 0. The highest BCUT2D eigenvalue weighted by atomic mass is 16.7. The molecule has 27 heavy (non-hydrogen) atoms. The average molecular weight is 374 g/mol. The Morgan fingerprint density at radius 3 is 2.22 bits per heavy atom. The molecule has 0 aliphatic carbocycles. The summed E-state index contributed by atoms with van der Waals surface area (Å²) in [5.41, 5.74) is 1.48. The van der Waals surface area contributed by atoms with Gasteiger partial charge in [-0.25, -0.2) is 4.79 Å². The first-order valence-corrected chi connectivity index (χ1v) is 9.73. The Labute approximate surface area is 162 Å². The van der Waals surface area contributed by atoms with Gasteiger partial charge in [0.2, 0.25) is 0 Å². The van der Waals surface area contributed by atoms with E-state index in [1.54, 1.807) is 0 Å². The molecule has 0 bridgehead atoms. The number of methoxy groups -OCH3 is 1. The van der Waals surface area contributed by atoms with Crippen LogP contribution in [0.5, 0.6) is 0 Å². The third kappa shape index (κ3) is 3.86. The van der Waals surface area contributed by atoms with Crippen molar-refractivity contribution in [3.8, 4) is 0 Å². The number of piperazine rings is 1. The van der Waals surface area contributed by atoms with Gasteiger partial charge in [0.05, 0.1) is 29.6 Å². The molecular formula is C20H31BN2O4. The number of hydrogen-bond acceptors (Lipinski definition) is 6. The van der Waals surface area contributed by atoms with Gasteiger partial charge in [-0.1, -0.05) is 13.0 Å². The number of benzene rings is 1. The van der Waals surface area contributed by atoms with Crippen LogP contribution in [0.15, 0.2) is 18.2 Å². The molecule has 3 rings (SSSR count). The van der Waals surface area contributed by atoms with Gasteiger partial charge in [0, 0.05) is 26.2 Å². The molecule has 2 saturated heterocycles. The molecule has 0 amide bonds. The average Bonchev–Trinajstić information content (AvgIpc) is 2.88. The molecule has 0 unspecified atom stereocenters. The lowest BCUT2D eigenvalue weighted by Crippen LogP contribution is -2.47. The predicted molar refractivity (Wildman–Crippen MR) is 108 cm³/mol. The van der Waals surface area contributed by atoms with Crippen molar-refractivity contribution in [1.82, 2.24) is 4.90 Å². The molecule has 2 fully saturated rings. The molecule has 148 valence electrons. The largest absolute Gasteiger partial charge is 0.494 e. The number of esters is 1. The monoisotopic (exact) mass is 374 g/mol. The first-order valence-electron chi connectivity index (χ1n) is 9.73. The second kappa shape index (κ2) is 7.45. The van der Waals surface area contributed by atoms with E-state index in [4.69, 9.17) is 14.0 Å². The summed E-state index contributed by atoms with van der Waals surface area (Å²) in [5, 5.41) is 0. The smallest absolute Gasteiger partial charge is 0.465 e. The van der Waals surface area contributed by atoms with Crippen molar-refractivity contribution in [3.05, 3.63) is 23.8 Å². The Morgan fingerprint density at radius 2 is 1.70 bits per heavy atom. The summed E-state index contributed by atoms with van der Waals surface area (Å²) in [6.07, 6.45) is 0. The zero-order chi connectivity index (χ0) is 19.8. The Bertz CT molecular complexity index is 683. The number of anilines is 1. The van der Waals surface area contributed by atoms with Crippen LogP contribution in [0.25, 0.3) is 0 Å². The molecule has 2 aliphatic heterocycles. The Kier molecular flexibility index (Phi) is 5.57. The Hall–Kier alpha value is -1.57. The molecule has 0 saturated carbocycles. The van der Waals surface area contributed by atoms with E-state index in [9.17, 15) is 4.79 Å². The number of carbonyl (C=O) groups is 1. The molecule has 0 aromatic heterocycles. The van der Waals surface area contributed by atoms with Crippen molar-refractivity contribution in [2.45, 2.75) is 45.8 Å². The zero-order valence-electron chi connectivity index (χ0n) is 17.4. The SMILES string of the molecule is CCN1CCN(c2ccc(B3OC(C)(C)C(C)(C)O3)cc2C(=O)OC)CC1. The normalized spacial score (nSPS) is 22.1. The number of likely N-dealkylation sites (N-methyl/N-ethyl adjacent to an activating group) is 1. The first-order chi connectivity index (χ1) is 12.7. The van der Waals surface area contributed by atoms with Crippen molar-refractivity contribution in [1.29, 1.82) is 0 Å². The van der Waals surface area contributed by atoms with Crippen LogP contribution in [0.3, 0.4) is 0 Å². The lowest BCUT2D eigenvalue weighted by atomic mass is 9.78. The molecule has 6 nitrogen and oxygen atoms in total. The van der Waals surface area contributed by atoms with E-state index in [-0.39, 0.29) is 5.97 Å². The van der Waals surface area contributed by atoms with Gasteiger partial charge in [0.15, 0.2) is 0 Å². The van der Waals surface area contributed by atoms with Gasteiger partial charge in [-0.2, -0.15) is 0 Å². The van der Waals surface area contributed by atoms with Crippen molar-refractivity contribution >= 4 is 24.2 Å². The maximum absolute atomic E-state index is 12.5. The van der Waals surface area contributed by atoms with Gasteiger partial charge in [-0.05, 0) is 51.8 Å². The highest BCUT2D eigenvalue weighted by molar-refractivity contribution is 6.62. The third-order valence-corrected chi connectivity index (χ3v) is 6.11. The van der Waals surface area contributed by atoms with Crippen LogP contribution in [0.4, 0.5) is 5.69 Å². The summed E-state index contributed by atoms with van der Waals surface area (Å²) in [6.45, 7) is 15.1. The van der Waals surface area contributed by atoms with Crippen LogP contribution in [-0.4, -0.2) is 69.0 Å². The highest BCUT2D eigenvalue weighted by Crippen LogP contribution is 2.36. The topological polar surface area (TPSA) is 51.2 Å². The van der Waals surface area contributed by atoms with Gasteiger partial charge in [-0.15, -0.1) is 0 Å². The van der Waals surface area contributed by atoms with E-state index in [0.29, 0.717) is 5.56 Å². The second-order valence-electron chi connectivity index (χ2n) is 8.28. The molecule has 1 aromatic carbocycles. The summed E-state index contributed by atoms with van der Waals surface area (Å²) in [6, 6.07) is 5.85. The molecule has 0 spiro atoms. The number of rotatable bonds is 4. The van der Waals surface area contributed by atoms with Crippen molar-refractivity contribution < 1.29 is 18.8 Å². The van der Waals surface area contributed by atoms with Gasteiger partial charge < -0.3 is 23.8 Å². The molecule has 7 heteroatoms. The molecule has 2 heterocycles. The second-order valence-corrected chi connectivity index (χ2v) is 8.28. The molecule has 1 aromatic rings. The van der Waals surface area contributed by atoms with E-state index in [1.165, 1.54) is 7.11 Å². The highest BCUT2D eigenvalue weighted by Gasteiger charge is 2.51. The van der Waals surface area contributed by atoms with Crippen LogP contribution < -0.4 is 10.4 Å². The van der Waals surface area contributed by atoms with Gasteiger partial charge >= 0.3 is 13.1 Å². The Morgan fingerprint density at radius 1 is 1.11 bits per heavy atom. The molecule has 0 atom stereocenters. The number of nitrogens with zero attached hydrogens (tertiary/aromatic N) is 2. The molecular weight excluding hydrogens is 343 g/mol. The summed E-state index contributed by atoms with van der Waals surface area (Å²) in [7, 11) is 0.923. The minimum absolute atomic E-state index is 0.332. The summed E-state index contributed by atoms with van der Waals surface area (Å²) in [4.78, 5) is 17.1. The maximum atomic E-state index is 12.5. The molecule has 0 N–H and O–H groups in total. The van der Waals surface area contributed by atoms with Gasteiger partial charge in [0.1, 0.15) is 0 Å². The van der Waals surface area contributed by atoms with E-state index in [1.807, 2.05) is 45.9 Å². The summed E-state index contributed by atoms with van der Waals surface area (Å²) in [5.74, 6) is -0.332. The predicted octanol–water partition coefficient (Wildman–Crippen LogP) is 1.91. The standard InChI is InChI=1S/C20H31BN2O4/c1-7-22-10-12-23(13-11-22)17-9-8-15(14-16(17)18(24)25-6)21-26-19(2,3)20(4,5)27-21/h8-9,14H,7,10-13H2,1-6H3. The third-order valence-electron chi connectivity index (χ3n) is 6.11. The fourth-order valence-corrected chi connectivity index (χ4v) is 3.53. The fraction of sp³-hybridized carbons (Fsp3) is 0.650. The van der Waals surface area contributed by atoms with Crippen molar-refractivity contribution in [2.75, 3.05) is 44.7 Å². The maximum Gasteiger partial charge on any atom is 0.494 e. The lowest BCUT2D eigenvalue weighted by Gasteiger charge is -2.36. The zero-order valence-corrected chi connectivity index (χ0v) is 17.4. The van der Waals surface area contributed by atoms with Crippen molar-refractivity contribution in [3.63, 3.8) is 0 Å². The fourth-order valence-electron chi connectivity index (χ4n) is 3.53.